The summed E-state index contributed by atoms with van der Waals surface area (Å²) < 4.78 is 0. The minimum absolute atomic E-state index is 0.504. The third-order valence-electron chi connectivity index (χ3n) is 2.02. The molecule has 0 saturated heterocycles. The number of hydrogen-bond donors (Lipinski definition) is 1. The summed E-state index contributed by atoms with van der Waals surface area (Å²) in [6.45, 7) is 4.28. The molecule has 0 aliphatic rings. The van der Waals surface area contributed by atoms with E-state index in [1.165, 1.54) is 0 Å². The van der Waals surface area contributed by atoms with Crippen LogP contribution in [0, 0.1) is 6.92 Å². The summed E-state index contributed by atoms with van der Waals surface area (Å²) in [5, 5.41) is 0.504. The molecule has 1 aromatic heterocycles. The fraction of sp³-hybridized carbons (Fsp3) is 0.600. The maximum atomic E-state index is 5.85. The van der Waals surface area contributed by atoms with E-state index in [1.54, 1.807) is 6.07 Å². The fourth-order valence-electron chi connectivity index (χ4n) is 1.34. The van der Waals surface area contributed by atoms with Crippen molar-refractivity contribution in [3.63, 3.8) is 0 Å². The molecular weight excluding hydrogens is 212 g/mol. The van der Waals surface area contributed by atoms with Gasteiger partial charge in [0.15, 0.2) is 0 Å². The van der Waals surface area contributed by atoms with Gasteiger partial charge < -0.3 is 5.73 Å². The molecule has 4 nitrogen and oxygen atoms in total. The zero-order valence-corrected chi connectivity index (χ0v) is 9.96. The Labute approximate surface area is 95.5 Å². The monoisotopic (exact) mass is 228 g/mol. The van der Waals surface area contributed by atoms with Gasteiger partial charge in [0.1, 0.15) is 11.0 Å². The third-order valence-corrected chi connectivity index (χ3v) is 2.22. The van der Waals surface area contributed by atoms with Gasteiger partial charge in [0.2, 0.25) is 0 Å². The standard InChI is InChI=1S/C10H17ClN4/c1-8-6-9(11)14-10(13-8)7-15(2)5-3-4-12/h6H,3-5,7,12H2,1-2H3. The number of nitrogens with two attached hydrogens (primary N) is 1. The van der Waals surface area contributed by atoms with Crippen molar-refractivity contribution >= 4 is 11.6 Å². The highest BCUT2D eigenvalue weighted by atomic mass is 35.5. The van der Waals surface area contributed by atoms with Crippen LogP contribution < -0.4 is 5.73 Å². The summed E-state index contributed by atoms with van der Waals surface area (Å²) in [4.78, 5) is 10.6. The molecule has 0 aliphatic carbocycles. The summed E-state index contributed by atoms with van der Waals surface area (Å²) in [5.41, 5.74) is 6.34. The Morgan fingerprint density at radius 2 is 2.20 bits per heavy atom. The first-order chi connectivity index (χ1) is 7.11. The minimum Gasteiger partial charge on any atom is -0.330 e. The Morgan fingerprint density at radius 3 is 2.80 bits per heavy atom. The maximum absolute atomic E-state index is 5.85. The van der Waals surface area contributed by atoms with E-state index < -0.39 is 0 Å². The lowest BCUT2D eigenvalue weighted by molar-refractivity contribution is 0.315. The molecule has 0 unspecified atom stereocenters. The highest BCUT2D eigenvalue weighted by Gasteiger charge is 2.04. The minimum atomic E-state index is 0.504. The Morgan fingerprint density at radius 1 is 1.47 bits per heavy atom. The Bertz CT molecular complexity index is 296. The first kappa shape index (κ1) is 12.4. The predicted octanol–water partition coefficient (Wildman–Crippen LogP) is 1.22. The molecule has 0 amide bonds. The molecular formula is C10H17ClN4. The van der Waals surface area contributed by atoms with E-state index >= 15 is 0 Å². The summed E-state index contributed by atoms with van der Waals surface area (Å²) >= 11 is 5.85. The van der Waals surface area contributed by atoms with E-state index in [1.807, 2.05) is 14.0 Å². The highest BCUT2D eigenvalue weighted by Crippen LogP contribution is 2.07. The van der Waals surface area contributed by atoms with E-state index in [0.717, 1.165) is 24.5 Å². The molecule has 2 N–H and O–H groups in total. The summed E-state index contributed by atoms with van der Waals surface area (Å²) in [7, 11) is 2.02. The van der Waals surface area contributed by atoms with E-state index in [-0.39, 0.29) is 0 Å². The van der Waals surface area contributed by atoms with Crippen LogP contribution in [0.25, 0.3) is 0 Å². The molecule has 0 fully saturated rings. The number of hydrogen-bond acceptors (Lipinski definition) is 4. The van der Waals surface area contributed by atoms with Gasteiger partial charge in [0.05, 0.1) is 6.54 Å². The fourth-order valence-corrected chi connectivity index (χ4v) is 1.60. The average Bonchev–Trinajstić information content (AvgIpc) is 2.13. The normalized spacial score (nSPS) is 11.0. The van der Waals surface area contributed by atoms with Crippen LogP contribution in [-0.4, -0.2) is 35.0 Å². The van der Waals surface area contributed by atoms with Crippen LogP contribution in [0.4, 0.5) is 0 Å². The van der Waals surface area contributed by atoms with E-state index in [2.05, 4.69) is 14.9 Å². The third kappa shape index (κ3) is 4.55. The smallest absolute Gasteiger partial charge is 0.144 e. The number of nitrogens with zero attached hydrogens (tertiary/aromatic N) is 3. The Balaban J connectivity index is 2.56. The molecule has 84 valence electrons. The van der Waals surface area contributed by atoms with Crippen LogP contribution >= 0.6 is 11.6 Å². The van der Waals surface area contributed by atoms with Gasteiger partial charge >= 0.3 is 0 Å². The Hall–Kier alpha value is -0.710. The molecule has 0 saturated carbocycles. The van der Waals surface area contributed by atoms with Crippen molar-refractivity contribution in [1.82, 2.24) is 14.9 Å². The molecule has 0 atom stereocenters. The quantitative estimate of drug-likeness (QED) is 0.770. The first-order valence-electron chi connectivity index (χ1n) is 5.00. The van der Waals surface area contributed by atoms with Crippen LogP contribution in [0.2, 0.25) is 5.15 Å². The van der Waals surface area contributed by atoms with Crippen molar-refractivity contribution in [1.29, 1.82) is 0 Å². The van der Waals surface area contributed by atoms with Gasteiger partial charge in [-0.15, -0.1) is 0 Å². The van der Waals surface area contributed by atoms with Gasteiger partial charge in [-0.2, -0.15) is 0 Å². The van der Waals surface area contributed by atoms with Crippen LogP contribution in [0.15, 0.2) is 6.07 Å². The summed E-state index contributed by atoms with van der Waals surface area (Å²) in [5.74, 6) is 0.763. The Kier molecular flexibility index (Phi) is 4.94. The zero-order chi connectivity index (χ0) is 11.3. The molecule has 0 spiro atoms. The van der Waals surface area contributed by atoms with Crippen LogP contribution in [-0.2, 0) is 6.54 Å². The van der Waals surface area contributed by atoms with Gasteiger partial charge in [-0.05, 0) is 39.5 Å². The predicted molar refractivity (Wildman–Crippen MR) is 61.8 cm³/mol. The van der Waals surface area contributed by atoms with Gasteiger partial charge in [-0.1, -0.05) is 11.6 Å². The first-order valence-corrected chi connectivity index (χ1v) is 5.38. The van der Waals surface area contributed by atoms with Crippen LogP contribution in [0.3, 0.4) is 0 Å². The zero-order valence-electron chi connectivity index (χ0n) is 9.20. The lowest BCUT2D eigenvalue weighted by Gasteiger charge is -2.15. The molecule has 0 aromatic carbocycles. The summed E-state index contributed by atoms with van der Waals surface area (Å²) in [6.07, 6.45) is 0.982. The second-order valence-electron chi connectivity index (χ2n) is 3.63. The largest absolute Gasteiger partial charge is 0.330 e. The second kappa shape index (κ2) is 6.00. The van der Waals surface area contributed by atoms with Crippen LogP contribution in [0.5, 0.6) is 0 Å². The van der Waals surface area contributed by atoms with Crippen molar-refractivity contribution in [3.8, 4) is 0 Å². The van der Waals surface area contributed by atoms with Gasteiger partial charge in [0, 0.05) is 5.69 Å². The highest BCUT2D eigenvalue weighted by molar-refractivity contribution is 6.29. The lowest BCUT2D eigenvalue weighted by atomic mass is 10.4. The lowest BCUT2D eigenvalue weighted by Crippen LogP contribution is -2.22. The van der Waals surface area contributed by atoms with Gasteiger partial charge in [-0.25, -0.2) is 9.97 Å². The summed E-state index contributed by atoms with van der Waals surface area (Å²) in [6, 6.07) is 1.75. The average molecular weight is 229 g/mol. The molecule has 0 aliphatic heterocycles. The maximum Gasteiger partial charge on any atom is 0.144 e. The molecule has 5 heteroatoms. The van der Waals surface area contributed by atoms with Crippen molar-refractivity contribution in [2.24, 2.45) is 5.73 Å². The van der Waals surface area contributed by atoms with Gasteiger partial charge in [0.25, 0.3) is 0 Å². The molecule has 1 heterocycles. The molecule has 1 rings (SSSR count). The molecule has 0 bridgehead atoms. The topological polar surface area (TPSA) is 55.0 Å². The van der Waals surface area contributed by atoms with Crippen molar-refractivity contribution in [2.45, 2.75) is 19.9 Å². The van der Waals surface area contributed by atoms with E-state index in [0.29, 0.717) is 18.2 Å². The number of halogens is 1. The second-order valence-corrected chi connectivity index (χ2v) is 4.02. The van der Waals surface area contributed by atoms with E-state index in [9.17, 15) is 0 Å². The van der Waals surface area contributed by atoms with Crippen molar-refractivity contribution < 1.29 is 0 Å². The van der Waals surface area contributed by atoms with Gasteiger partial charge in [-0.3, -0.25) is 4.90 Å². The number of rotatable bonds is 5. The van der Waals surface area contributed by atoms with E-state index in [4.69, 9.17) is 17.3 Å². The number of aryl methyl sites for hydroxylation is 1. The SMILES string of the molecule is Cc1cc(Cl)nc(CN(C)CCCN)n1. The molecule has 1 aromatic rings. The molecule has 0 radical (unpaired) electrons. The molecule has 15 heavy (non-hydrogen) atoms. The number of aromatic nitrogens is 2. The van der Waals surface area contributed by atoms with Crippen molar-refractivity contribution in [3.05, 3.63) is 22.7 Å². The van der Waals surface area contributed by atoms with Crippen molar-refractivity contribution in [2.75, 3.05) is 20.1 Å². The van der Waals surface area contributed by atoms with Crippen LogP contribution in [0.1, 0.15) is 17.9 Å².